The number of hydrogen-bond donors (Lipinski definition) is 3. The van der Waals surface area contributed by atoms with Crippen molar-refractivity contribution >= 4 is 11.9 Å². The average molecular weight is 166 g/mol. The molecule has 0 spiro atoms. The van der Waals surface area contributed by atoms with Crippen LogP contribution in [-0.2, 0) is 0 Å². The normalized spacial score (nSPS) is 11.6. The first kappa shape index (κ1) is 8.45. The maximum atomic E-state index is 9.16. The Kier molecular flexibility index (Phi) is 2.57. The molecule has 1 heterocycles. The van der Waals surface area contributed by atoms with Crippen molar-refractivity contribution in [2.24, 2.45) is 5.11 Å². The van der Waals surface area contributed by atoms with E-state index in [0.717, 1.165) is 0 Å². The summed E-state index contributed by atoms with van der Waals surface area (Å²) >= 11 is 0. The zero-order valence-electron chi connectivity index (χ0n) is 6.70. The summed E-state index contributed by atoms with van der Waals surface area (Å²) in [5, 5.41) is 12.3. The van der Waals surface area contributed by atoms with E-state index >= 15 is 0 Å². The number of nitrogens with zero attached hydrogens (tertiary/aromatic N) is 2. The Morgan fingerprint density at radius 1 is 1.92 bits per heavy atom. The van der Waals surface area contributed by atoms with Gasteiger partial charge in [-0.15, -0.1) is 5.11 Å². The van der Waals surface area contributed by atoms with Crippen LogP contribution in [0.3, 0.4) is 0 Å². The monoisotopic (exact) mass is 166 g/mol. The number of aliphatic hydroxyl groups excluding tert-OH is 1. The van der Waals surface area contributed by atoms with E-state index in [1.54, 1.807) is 0 Å². The van der Waals surface area contributed by atoms with E-state index in [2.05, 4.69) is 15.1 Å². The van der Waals surface area contributed by atoms with Crippen LogP contribution in [0.5, 0.6) is 0 Å². The smallest absolute Gasteiger partial charge is 0.199 e. The molecule has 0 saturated carbocycles. The lowest BCUT2D eigenvalue weighted by Crippen LogP contribution is -1.78. The predicted molar refractivity (Wildman–Crippen MR) is 44.3 cm³/mol. The molecule has 0 atom stereocenters. The standard InChI is InChI=1S/C7H10N4O/c1-2-5(12)3-6-7(11-8)10-4-9-6/h3-4,8,12H,2H2,1H3,(H,9,10)/b5-3+,11-8?. The minimum Gasteiger partial charge on any atom is -0.512 e. The third-order valence-corrected chi connectivity index (χ3v) is 1.43. The summed E-state index contributed by atoms with van der Waals surface area (Å²) < 4.78 is 0. The topological polar surface area (TPSA) is 85.1 Å². The number of allylic oxidation sites excluding steroid dienone is 1. The molecule has 64 valence electrons. The summed E-state index contributed by atoms with van der Waals surface area (Å²) in [5.74, 6) is 0.527. The summed E-state index contributed by atoms with van der Waals surface area (Å²) in [6.07, 6.45) is 3.50. The molecule has 3 N–H and O–H groups in total. The van der Waals surface area contributed by atoms with Crippen molar-refractivity contribution in [2.45, 2.75) is 13.3 Å². The van der Waals surface area contributed by atoms with Crippen LogP contribution in [-0.4, -0.2) is 15.1 Å². The van der Waals surface area contributed by atoms with Gasteiger partial charge in [0.05, 0.1) is 17.8 Å². The fourth-order valence-corrected chi connectivity index (χ4v) is 0.761. The molecule has 1 rings (SSSR count). The molecule has 5 heteroatoms. The third-order valence-electron chi connectivity index (χ3n) is 1.43. The summed E-state index contributed by atoms with van der Waals surface area (Å²) in [6, 6.07) is 0. The van der Waals surface area contributed by atoms with Gasteiger partial charge in [0.15, 0.2) is 5.82 Å². The van der Waals surface area contributed by atoms with Crippen molar-refractivity contribution in [3.8, 4) is 0 Å². The lowest BCUT2D eigenvalue weighted by molar-refractivity contribution is 0.400. The lowest BCUT2D eigenvalue weighted by Gasteiger charge is -1.92. The second-order valence-corrected chi connectivity index (χ2v) is 2.24. The molecule has 1 aromatic heterocycles. The largest absolute Gasteiger partial charge is 0.512 e. The molecule has 0 amide bonds. The highest BCUT2D eigenvalue weighted by Gasteiger charge is 2.01. The Morgan fingerprint density at radius 2 is 2.67 bits per heavy atom. The quantitative estimate of drug-likeness (QED) is 0.475. The Balaban J connectivity index is 2.95. The highest BCUT2D eigenvalue weighted by molar-refractivity contribution is 5.57. The van der Waals surface area contributed by atoms with Gasteiger partial charge in [-0.3, -0.25) is 0 Å². The maximum Gasteiger partial charge on any atom is 0.199 e. The molecular formula is C7H10N4O. The average Bonchev–Trinajstić information content (AvgIpc) is 2.51. The minimum atomic E-state index is 0.240. The number of aromatic amines is 1. The highest BCUT2D eigenvalue weighted by Crippen LogP contribution is 2.16. The summed E-state index contributed by atoms with van der Waals surface area (Å²) in [7, 11) is 0. The van der Waals surface area contributed by atoms with Crippen molar-refractivity contribution in [1.82, 2.24) is 9.97 Å². The van der Waals surface area contributed by atoms with Crippen LogP contribution in [0.15, 0.2) is 17.2 Å². The van der Waals surface area contributed by atoms with Gasteiger partial charge in [0.1, 0.15) is 0 Å². The molecule has 0 radical (unpaired) electrons. The van der Waals surface area contributed by atoms with E-state index in [-0.39, 0.29) is 11.6 Å². The van der Waals surface area contributed by atoms with Crippen LogP contribution in [0, 0.1) is 5.53 Å². The first-order valence-corrected chi connectivity index (χ1v) is 3.58. The second-order valence-electron chi connectivity index (χ2n) is 2.24. The molecule has 0 bridgehead atoms. The SMILES string of the molecule is CC/C(O)=C\c1[nH]cnc1N=N. The van der Waals surface area contributed by atoms with Crippen molar-refractivity contribution < 1.29 is 5.11 Å². The number of hydrogen-bond acceptors (Lipinski definition) is 4. The first-order chi connectivity index (χ1) is 5.77. The lowest BCUT2D eigenvalue weighted by atomic mass is 10.3. The van der Waals surface area contributed by atoms with Crippen LogP contribution in [0.25, 0.3) is 6.08 Å². The number of rotatable bonds is 3. The number of nitrogens with one attached hydrogen (secondary N) is 2. The van der Waals surface area contributed by atoms with Gasteiger partial charge in [-0.25, -0.2) is 10.5 Å². The predicted octanol–water partition coefficient (Wildman–Crippen LogP) is 2.38. The zero-order valence-corrected chi connectivity index (χ0v) is 6.70. The summed E-state index contributed by atoms with van der Waals surface area (Å²) in [5.41, 5.74) is 7.29. The molecule has 0 aliphatic heterocycles. The van der Waals surface area contributed by atoms with Crippen LogP contribution >= 0.6 is 0 Å². The van der Waals surface area contributed by atoms with E-state index in [9.17, 15) is 0 Å². The Hall–Kier alpha value is -1.65. The molecule has 1 aromatic rings. The van der Waals surface area contributed by atoms with Gasteiger partial charge in [-0.1, -0.05) is 6.92 Å². The van der Waals surface area contributed by atoms with Crippen LogP contribution in [0.4, 0.5) is 5.82 Å². The number of aliphatic hydroxyl groups is 1. The maximum absolute atomic E-state index is 9.16. The van der Waals surface area contributed by atoms with Gasteiger partial charge in [-0.05, 0) is 0 Å². The molecular weight excluding hydrogens is 156 g/mol. The van der Waals surface area contributed by atoms with E-state index in [1.807, 2.05) is 6.92 Å². The van der Waals surface area contributed by atoms with E-state index in [1.165, 1.54) is 12.4 Å². The molecule has 5 nitrogen and oxygen atoms in total. The molecule has 0 aliphatic carbocycles. The first-order valence-electron chi connectivity index (χ1n) is 3.58. The Bertz CT molecular complexity index is 302. The third kappa shape index (κ3) is 1.69. The van der Waals surface area contributed by atoms with Gasteiger partial charge in [0, 0.05) is 12.5 Å². The molecule has 0 fully saturated rings. The molecule has 12 heavy (non-hydrogen) atoms. The van der Waals surface area contributed by atoms with Crippen molar-refractivity contribution in [3.05, 3.63) is 17.8 Å². The summed E-state index contributed by atoms with van der Waals surface area (Å²) in [6.45, 7) is 1.83. The van der Waals surface area contributed by atoms with Gasteiger partial charge in [0.25, 0.3) is 0 Å². The van der Waals surface area contributed by atoms with Crippen LogP contribution in [0.1, 0.15) is 19.0 Å². The van der Waals surface area contributed by atoms with Crippen molar-refractivity contribution in [1.29, 1.82) is 5.53 Å². The van der Waals surface area contributed by atoms with E-state index < -0.39 is 0 Å². The molecule has 0 unspecified atom stereocenters. The van der Waals surface area contributed by atoms with Gasteiger partial charge < -0.3 is 10.1 Å². The van der Waals surface area contributed by atoms with Crippen LogP contribution < -0.4 is 0 Å². The van der Waals surface area contributed by atoms with Gasteiger partial charge in [0.2, 0.25) is 0 Å². The van der Waals surface area contributed by atoms with Crippen molar-refractivity contribution in [2.75, 3.05) is 0 Å². The van der Waals surface area contributed by atoms with E-state index in [4.69, 9.17) is 10.6 Å². The van der Waals surface area contributed by atoms with Gasteiger partial charge >= 0.3 is 0 Å². The molecule has 0 aliphatic rings. The number of aromatic nitrogens is 2. The fourth-order valence-electron chi connectivity index (χ4n) is 0.761. The molecule has 0 saturated heterocycles. The molecule has 0 aromatic carbocycles. The van der Waals surface area contributed by atoms with Crippen LogP contribution in [0.2, 0.25) is 0 Å². The second kappa shape index (κ2) is 3.66. The van der Waals surface area contributed by atoms with E-state index in [0.29, 0.717) is 12.1 Å². The fraction of sp³-hybridized carbons (Fsp3) is 0.286. The number of imidazole rings is 1. The zero-order chi connectivity index (χ0) is 8.97. The minimum absolute atomic E-state index is 0.240. The number of H-pyrrole nitrogens is 1. The van der Waals surface area contributed by atoms with Crippen molar-refractivity contribution in [3.63, 3.8) is 0 Å². The summed E-state index contributed by atoms with van der Waals surface area (Å²) in [4.78, 5) is 6.52. The Labute approximate surface area is 69.7 Å². The highest BCUT2D eigenvalue weighted by atomic mass is 16.3. The Morgan fingerprint density at radius 3 is 3.25 bits per heavy atom. The van der Waals surface area contributed by atoms with Gasteiger partial charge in [-0.2, -0.15) is 0 Å².